The van der Waals surface area contributed by atoms with Crippen LogP contribution in [0.3, 0.4) is 0 Å². The zero-order valence-electron chi connectivity index (χ0n) is 19.8. The van der Waals surface area contributed by atoms with E-state index in [1.165, 1.54) is 5.56 Å². The first-order valence-electron chi connectivity index (χ1n) is 11.3. The van der Waals surface area contributed by atoms with Gasteiger partial charge in [0.15, 0.2) is 0 Å². The summed E-state index contributed by atoms with van der Waals surface area (Å²) < 4.78 is 15.8. The molecule has 4 rings (SSSR count). The number of halogens is 2. The Bertz CT molecular complexity index is 1120. The summed E-state index contributed by atoms with van der Waals surface area (Å²) in [7, 11) is 0. The fourth-order valence-electron chi connectivity index (χ4n) is 4.37. The van der Waals surface area contributed by atoms with E-state index in [1.807, 2.05) is 21.3 Å². The van der Waals surface area contributed by atoms with Crippen molar-refractivity contribution in [2.45, 2.75) is 38.0 Å². The van der Waals surface area contributed by atoms with Gasteiger partial charge >= 0.3 is 17.9 Å². The molecule has 2 heterocycles. The molecule has 0 aliphatic carbocycles. The van der Waals surface area contributed by atoms with Gasteiger partial charge in [0.1, 0.15) is 17.6 Å². The number of nitrogens with zero attached hydrogens (tertiary/aromatic N) is 2. The first-order chi connectivity index (χ1) is 16.3. The molecule has 36 heavy (non-hydrogen) atoms. The van der Waals surface area contributed by atoms with E-state index >= 15 is 0 Å². The average Bonchev–Trinajstić information content (AvgIpc) is 2.83. The van der Waals surface area contributed by atoms with E-state index in [1.54, 1.807) is 30.3 Å². The summed E-state index contributed by atoms with van der Waals surface area (Å²) in [6.07, 6.45) is 1.34. The average molecular weight is 539 g/mol. The van der Waals surface area contributed by atoms with Crippen LogP contribution in [0.1, 0.15) is 35.6 Å². The van der Waals surface area contributed by atoms with Crippen molar-refractivity contribution in [1.29, 1.82) is 0 Å². The van der Waals surface area contributed by atoms with Crippen molar-refractivity contribution in [2.75, 3.05) is 19.6 Å². The molecule has 1 fully saturated rings. The number of aliphatic carboxylic acids is 1. The van der Waals surface area contributed by atoms with Crippen LogP contribution in [0.25, 0.3) is 0 Å². The van der Waals surface area contributed by atoms with Crippen molar-refractivity contribution >= 4 is 17.9 Å². The van der Waals surface area contributed by atoms with E-state index < -0.39 is 12.1 Å². The highest BCUT2D eigenvalue weighted by atomic mass is 35.5. The molecule has 2 aromatic rings. The highest BCUT2D eigenvalue weighted by Crippen LogP contribution is 2.28. The molecule has 196 valence electrons. The zero-order valence-corrected chi connectivity index (χ0v) is 21.3. The maximum absolute atomic E-state index is 12.0. The number of carboxylic acids is 1. The maximum atomic E-state index is 12.0. The molecule has 2 aliphatic rings. The molecule has 12 heteroatoms. The van der Waals surface area contributed by atoms with Crippen molar-refractivity contribution in [2.24, 2.45) is 22.9 Å². The number of hydrogen-bond acceptors (Lipinski definition) is 3. The summed E-state index contributed by atoms with van der Waals surface area (Å²) in [5, 5.41) is 9.81. The molecular weight excluding hydrogens is 507 g/mol. The smallest absolute Gasteiger partial charge is 0.349 e. The molecule has 0 amide bonds. The zero-order chi connectivity index (χ0) is 24.2. The lowest BCUT2D eigenvalue weighted by atomic mass is 10.0. The number of piperidine rings is 1. The Hall–Kier alpha value is -3.37. The number of hydrogen-bond donors (Lipinski definition) is 5. The molecule has 0 radical (unpaired) electrons. The number of carbonyl (C=O) groups is 1. The first kappa shape index (κ1) is 28.9. The minimum atomic E-state index is -1.15. The SMILES string of the molecule is NC(N)=[N+]1CCC(Oc2ccc(C(Oc3ccc4c(c3)C[N+](=C(N)N)CC4)C(=O)O)cc2)CC1.[Cl-].[Cl-]. The van der Waals surface area contributed by atoms with E-state index in [-0.39, 0.29) is 36.9 Å². The molecule has 2 aliphatic heterocycles. The molecule has 0 aromatic heterocycles. The van der Waals surface area contributed by atoms with Gasteiger partial charge in [0.25, 0.3) is 0 Å². The van der Waals surface area contributed by atoms with Crippen LogP contribution in [0.4, 0.5) is 0 Å². The fraction of sp³-hybridized carbons (Fsp3) is 0.375. The Labute approximate surface area is 222 Å². The normalized spacial score (nSPS) is 17.5. The van der Waals surface area contributed by atoms with Crippen LogP contribution in [0.15, 0.2) is 42.5 Å². The van der Waals surface area contributed by atoms with E-state index in [0.29, 0.717) is 29.6 Å². The number of benzene rings is 2. The summed E-state index contributed by atoms with van der Waals surface area (Å²) in [4.78, 5) is 12.0. The van der Waals surface area contributed by atoms with Crippen LogP contribution in [0.2, 0.25) is 0 Å². The number of fused-ring (bicyclic) bond motifs is 1. The largest absolute Gasteiger partial charge is 1.00 e. The molecular formula is C24H32Cl2N6O4. The lowest BCUT2D eigenvalue weighted by Crippen LogP contribution is -3.00. The third kappa shape index (κ3) is 6.86. The van der Waals surface area contributed by atoms with Crippen LogP contribution in [-0.2, 0) is 17.8 Å². The van der Waals surface area contributed by atoms with E-state index in [4.69, 9.17) is 32.4 Å². The number of rotatable bonds is 6. The van der Waals surface area contributed by atoms with Crippen molar-refractivity contribution in [3.05, 3.63) is 59.2 Å². The van der Waals surface area contributed by atoms with Crippen molar-refractivity contribution in [3.63, 3.8) is 0 Å². The Morgan fingerprint density at radius 1 is 0.861 bits per heavy atom. The van der Waals surface area contributed by atoms with Crippen LogP contribution in [0, 0.1) is 0 Å². The van der Waals surface area contributed by atoms with E-state index in [2.05, 4.69) is 0 Å². The second kappa shape index (κ2) is 12.5. The van der Waals surface area contributed by atoms with E-state index in [9.17, 15) is 9.90 Å². The van der Waals surface area contributed by atoms with Gasteiger partial charge in [-0.3, -0.25) is 32.1 Å². The minimum Gasteiger partial charge on any atom is -1.00 e. The number of nitrogens with two attached hydrogens (primary N) is 4. The Morgan fingerprint density at radius 3 is 2.06 bits per heavy atom. The Balaban J connectivity index is 0.00000228. The van der Waals surface area contributed by atoms with Crippen LogP contribution in [0.5, 0.6) is 11.5 Å². The van der Waals surface area contributed by atoms with Crippen LogP contribution >= 0.6 is 0 Å². The van der Waals surface area contributed by atoms with Gasteiger partial charge in [0.05, 0.1) is 26.2 Å². The monoisotopic (exact) mass is 538 g/mol. The first-order valence-corrected chi connectivity index (χ1v) is 11.3. The quantitative estimate of drug-likeness (QED) is 0.179. The van der Waals surface area contributed by atoms with Crippen LogP contribution in [-0.4, -0.2) is 57.9 Å². The van der Waals surface area contributed by atoms with Gasteiger partial charge in [-0.2, -0.15) is 0 Å². The fourth-order valence-corrected chi connectivity index (χ4v) is 4.37. The van der Waals surface area contributed by atoms with Crippen molar-refractivity contribution in [1.82, 2.24) is 0 Å². The molecule has 9 N–H and O–H groups in total. The second-order valence-corrected chi connectivity index (χ2v) is 8.66. The highest BCUT2D eigenvalue weighted by molar-refractivity contribution is 5.75. The van der Waals surface area contributed by atoms with Gasteiger partial charge in [-0.15, -0.1) is 0 Å². The molecule has 0 bridgehead atoms. The van der Waals surface area contributed by atoms with Crippen molar-refractivity contribution < 1.29 is 53.3 Å². The van der Waals surface area contributed by atoms with Gasteiger partial charge in [0, 0.05) is 24.8 Å². The molecule has 0 saturated carbocycles. The minimum absolute atomic E-state index is 0. The number of carboxylic acid groups (broad SMARTS) is 1. The Morgan fingerprint density at radius 2 is 1.47 bits per heavy atom. The third-order valence-electron chi connectivity index (χ3n) is 6.33. The molecule has 1 unspecified atom stereocenters. The lowest BCUT2D eigenvalue weighted by molar-refractivity contribution is -0.549. The summed E-state index contributed by atoms with van der Waals surface area (Å²) in [6, 6.07) is 12.6. The summed E-state index contributed by atoms with van der Waals surface area (Å²) >= 11 is 0. The number of ether oxygens (including phenoxy) is 2. The van der Waals surface area contributed by atoms with Gasteiger partial charge in [0.2, 0.25) is 6.10 Å². The lowest BCUT2D eigenvalue weighted by Gasteiger charge is -2.25. The van der Waals surface area contributed by atoms with Gasteiger partial charge in [-0.1, -0.05) is 18.2 Å². The standard InChI is InChI=1S/C24H30N6O4.2ClH/c25-23(26)29-11-8-19(9-12-29)33-18-4-2-16(3-5-18)21(22(31)32)34-20-6-1-15-7-10-30(24(27)28)14-17(15)13-20;;/h1-6,13,19,21H,7-12,14H2,(H7,25,26,27,28,31,32);2*1H. The third-order valence-corrected chi connectivity index (χ3v) is 6.33. The molecule has 10 nitrogen and oxygen atoms in total. The predicted molar refractivity (Wildman–Crippen MR) is 127 cm³/mol. The molecule has 2 aromatic carbocycles. The molecule has 1 atom stereocenters. The highest BCUT2D eigenvalue weighted by Gasteiger charge is 2.25. The number of guanidine groups is 2. The second-order valence-electron chi connectivity index (χ2n) is 8.66. The summed E-state index contributed by atoms with van der Waals surface area (Å²) in [6.45, 7) is 2.80. The van der Waals surface area contributed by atoms with Gasteiger partial charge in [-0.25, -0.2) is 4.79 Å². The summed E-state index contributed by atoms with van der Waals surface area (Å²) in [5.74, 6) is 0.693. The van der Waals surface area contributed by atoms with E-state index in [0.717, 1.165) is 44.5 Å². The van der Waals surface area contributed by atoms with Gasteiger partial charge < -0.3 is 39.4 Å². The molecule has 0 spiro atoms. The van der Waals surface area contributed by atoms with Crippen LogP contribution < -0.4 is 57.2 Å². The van der Waals surface area contributed by atoms with Gasteiger partial charge in [-0.05, 0) is 35.4 Å². The van der Waals surface area contributed by atoms with Crippen molar-refractivity contribution in [3.8, 4) is 11.5 Å². The predicted octanol–water partition coefficient (Wildman–Crippen LogP) is -5.93. The topological polar surface area (TPSA) is 166 Å². The maximum Gasteiger partial charge on any atom is 0.349 e. The Kier molecular flexibility index (Phi) is 10.1. The summed E-state index contributed by atoms with van der Waals surface area (Å²) in [5.41, 5.74) is 25.5. The molecule has 1 saturated heterocycles.